The van der Waals surface area contributed by atoms with Gasteiger partial charge in [0.05, 0.1) is 19.1 Å². The Balaban J connectivity index is 1.49. The Morgan fingerprint density at radius 1 is 0.960 bits per heavy atom. The zero-order valence-electron chi connectivity index (χ0n) is 15.5. The molecule has 0 radical (unpaired) electrons. The molecule has 0 aromatic heterocycles. The van der Waals surface area contributed by atoms with E-state index in [2.05, 4.69) is 9.80 Å². The first-order chi connectivity index (χ1) is 12.2. The summed E-state index contributed by atoms with van der Waals surface area (Å²) in [6.07, 6.45) is 7.26. The topological polar surface area (TPSA) is 53.1 Å². The van der Waals surface area contributed by atoms with Gasteiger partial charge in [-0.2, -0.15) is 0 Å². The molecule has 1 atom stereocenters. The number of nitrogens with zero attached hydrogens (tertiary/aromatic N) is 3. The van der Waals surface area contributed by atoms with Gasteiger partial charge < -0.3 is 14.5 Å². The summed E-state index contributed by atoms with van der Waals surface area (Å²) in [5.41, 5.74) is 0. The molecular formula is C19H33N3O3. The van der Waals surface area contributed by atoms with Gasteiger partial charge in [0.2, 0.25) is 11.8 Å². The van der Waals surface area contributed by atoms with E-state index in [9.17, 15) is 9.59 Å². The van der Waals surface area contributed by atoms with Crippen molar-refractivity contribution in [1.82, 2.24) is 14.7 Å². The molecule has 3 aliphatic rings. The highest BCUT2D eigenvalue weighted by Gasteiger charge is 2.32. The van der Waals surface area contributed by atoms with Gasteiger partial charge in [-0.15, -0.1) is 0 Å². The minimum Gasteiger partial charge on any atom is -0.379 e. The first-order valence-electron chi connectivity index (χ1n) is 10.1. The molecule has 3 saturated heterocycles. The molecule has 0 spiro atoms. The summed E-state index contributed by atoms with van der Waals surface area (Å²) in [5.74, 6) is 0.498. The zero-order valence-corrected chi connectivity index (χ0v) is 15.5. The maximum atomic E-state index is 12.9. The largest absolute Gasteiger partial charge is 0.379 e. The lowest BCUT2D eigenvalue weighted by Gasteiger charge is -2.36. The molecule has 0 unspecified atom stereocenters. The molecule has 0 aromatic rings. The van der Waals surface area contributed by atoms with Crippen molar-refractivity contribution in [1.29, 1.82) is 0 Å². The number of morpholine rings is 1. The standard InChI is InChI=1S/C19H33N3O3/c23-18-7-6-17(19(24)21-8-4-2-1-3-5-9-21)16-22(18)11-10-20-12-14-25-15-13-20/h17H,1-16H2/t17-/m0/s1. The SMILES string of the molecule is O=C1CC[C@H](C(=O)N2CCCCCCC2)CN1CCN1CCOCC1. The van der Waals surface area contributed by atoms with E-state index in [1.165, 1.54) is 19.3 Å². The normalized spacial score (nSPS) is 27.0. The van der Waals surface area contributed by atoms with Gasteiger partial charge in [-0.25, -0.2) is 0 Å². The van der Waals surface area contributed by atoms with E-state index in [1.807, 2.05) is 4.90 Å². The van der Waals surface area contributed by atoms with Gasteiger partial charge in [-0.05, 0) is 19.3 Å². The monoisotopic (exact) mass is 351 g/mol. The molecule has 0 bridgehead atoms. The zero-order chi connectivity index (χ0) is 17.5. The first-order valence-corrected chi connectivity index (χ1v) is 10.1. The van der Waals surface area contributed by atoms with Gasteiger partial charge in [0, 0.05) is 52.2 Å². The van der Waals surface area contributed by atoms with Crippen molar-refractivity contribution in [2.24, 2.45) is 5.92 Å². The van der Waals surface area contributed by atoms with Crippen molar-refractivity contribution >= 4 is 11.8 Å². The van der Waals surface area contributed by atoms with Crippen LogP contribution in [0.15, 0.2) is 0 Å². The Morgan fingerprint density at radius 3 is 2.36 bits per heavy atom. The van der Waals surface area contributed by atoms with E-state index < -0.39 is 0 Å². The molecule has 3 rings (SSSR count). The van der Waals surface area contributed by atoms with E-state index in [4.69, 9.17) is 4.74 Å². The van der Waals surface area contributed by atoms with Crippen LogP contribution in [0.5, 0.6) is 0 Å². The highest BCUT2D eigenvalue weighted by Crippen LogP contribution is 2.21. The molecule has 6 heteroatoms. The van der Waals surface area contributed by atoms with Crippen LogP contribution in [0.1, 0.15) is 44.9 Å². The van der Waals surface area contributed by atoms with Crippen molar-refractivity contribution in [2.45, 2.75) is 44.9 Å². The fraction of sp³-hybridized carbons (Fsp3) is 0.895. The third kappa shape index (κ3) is 5.42. The number of hydrogen-bond donors (Lipinski definition) is 0. The Bertz CT molecular complexity index is 443. The number of piperidine rings is 1. The second-order valence-electron chi connectivity index (χ2n) is 7.62. The average Bonchev–Trinajstić information content (AvgIpc) is 2.61. The van der Waals surface area contributed by atoms with Gasteiger partial charge >= 0.3 is 0 Å². The van der Waals surface area contributed by atoms with Gasteiger partial charge in [0.1, 0.15) is 0 Å². The van der Waals surface area contributed by atoms with Gasteiger partial charge in [-0.1, -0.05) is 19.3 Å². The Morgan fingerprint density at radius 2 is 1.64 bits per heavy atom. The maximum absolute atomic E-state index is 12.9. The highest BCUT2D eigenvalue weighted by atomic mass is 16.5. The summed E-state index contributed by atoms with van der Waals surface area (Å²) in [6, 6.07) is 0. The van der Waals surface area contributed by atoms with E-state index in [0.717, 1.165) is 71.7 Å². The average molecular weight is 351 g/mol. The molecule has 0 aromatic carbocycles. The second-order valence-corrected chi connectivity index (χ2v) is 7.62. The summed E-state index contributed by atoms with van der Waals surface area (Å²) in [6.45, 7) is 7.49. The highest BCUT2D eigenvalue weighted by molar-refractivity contribution is 5.83. The predicted octanol–water partition coefficient (Wildman–Crippen LogP) is 1.35. The van der Waals surface area contributed by atoms with Crippen molar-refractivity contribution < 1.29 is 14.3 Å². The van der Waals surface area contributed by atoms with Crippen LogP contribution in [-0.2, 0) is 14.3 Å². The predicted molar refractivity (Wildman–Crippen MR) is 96.2 cm³/mol. The van der Waals surface area contributed by atoms with Crippen LogP contribution in [0.3, 0.4) is 0 Å². The summed E-state index contributed by atoms with van der Waals surface area (Å²) in [5, 5.41) is 0. The van der Waals surface area contributed by atoms with Gasteiger partial charge in [-0.3, -0.25) is 14.5 Å². The van der Waals surface area contributed by atoms with Crippen molar-refractivity contribution in [3.63, 3.8) is 0 Å². The quantitative estimate of drug-likeness (QED) is 0.767. The molecule has 142 valence electrons. The molecule has 3 aliphatic heterocycles. The fourth-order valence-corrected chi connectivity index (χ4v) is 4.15. The van der Waals surface area contributed by atoms with Crippen LogP contribution >= 0.6 is 0 Å². The Hall–Kier alpha value is -1.14. The number of carbonyl (C=O) groups excluding carboxylic acids is 2. The van der Waals surface area contributed by atoms with E-state index >= 15 is 0 Å². The third-order valence-electron chi connectivity index (χ3n) is 5.81. The lowest BCUT2D eigenvalue weighted by atomic mass is 9.95. The molecule has 0 aliphatic carbocycles. The molecule has 3 heterocycles. The van der Waals surface area contributed by atoms with Crippen LogP contribution < -0.4 is 0 Å². The van der Waals surface area contributed by atoms with E-state index in [0.29, 0.717) is 13.0 Å². The number of amides is 2. The third-order valence-corrected chi connectivity index (χ3v) is 5.81. The molecular weight excluding hydrogens is 318 g/mol. The summed E-state index contributed by atoms with van der Waals surface area (Å²) in [7, 11) is 0. The number of rotatable bonds is 4. The summed E-state index contributed by atoms with van der Waals surface area (Å²) >= 11 is 0. The van der Waals surface area contributed by atoms with Crippen LogP contribution in [-0.4, -0.2) is 85.5 Å². The number of hydrogen-bond acceptors (Lipinski definition) is 4. The molecule has 3 fully saturated rings. The Labute approximate surface area is 151 Å². The molecule has 0 saturated carbocycles. The summed E-state index contributed by atoms with van der Waals surface area (Å²) < 4.78 is 5.38. The number of carbonyl (C=O) groups is 2. The molecule has 2 amide bonds. The maximum Gasteiger partial charge on any atom is 0.227 e. The minimum absolute atomic E-state index is 0.00168. The molecule has 6 nitrogen and oxygen atoms in total. The Kier molecular flexibility index (Phi) is 7.11. The minimum atomic E-state index is 0.00168. The molecule has 25 heavy (non-hydrogen) atoms. The fourth-order valence-electron chi connectivity index (χ4n) is 4.15. The van der Waals surface area contributed by atoms with Crippen LogP contribution in [0, 0.1) is 5.92 Å². The lowest BCUT2D eigenvalue weighted by Crippen LogP contribution is -2.50. The number of ether oxygens (including phenoxy) is 1. The van der Waals surface area contributed by atoms with E-state index in [-0.39, 0.29) is 17.7 Å². The number of likely N-dealkylation sites (tertiary alicyclic amines) is 2. The van der Waals surface area contributed by atoms with Crippen molar-refractivity contribution in [3.8, 4) is 0 Å². The van der Waals surface area contributed by atoms with Gasteiger partial charge in [0.15, 0.2) is 0 Å². The molecule has 0 N–H and O–H groups in total. The summed E-state index contributed by atoms with van der Waals surface area (Å²) in [4.78, 5) is 31.5. The van der Waals surface area contributed by atoms with E-state index in [1.54, 1.807) is 0 Å². The van der Waals surface area contributed by atoms with Crippen LogP contribution in [0.4, 0.5) is 0 Å². The smallest absolute Gasteiger partial charge is 0.227 e. The van der Waals surface area contributed by atoms with Crippen LogP contribution in [0.25, 0.3) is 0 Å². The van der Waals surface area contributed by atoms with Crippen LogP contribution in [0.2, 0.25) is 0 Å². The van der Waals surface area contributed by atoms with Gasteiger partial charge in [0.25, 0.3) is 0 Å². The first kappa shape index (κ1) is 18.6. The van der Waals surface area contributed by atoms with Crippen molar-refractivity contribution in [2.75, 3.05) is 59.0 Å². The second kappa shape index (κ2) is 9.53. The van der Waals surface area contributed by atoms with Crippen molar-refractivity contribution in [3.05, 3.63) is 0 Å². The lowest BCUT2D eigenvalue weighted by molar-refractivity contribution is -0.143.